The molecule has 2 amide bonds. The van der Waals surface area contributed by atoms with E-state index in [9.17, 15) is 9.59 Å². The molecule has 8 nitrogen and oxygen atoms in total. The van der Waals surface area contributed by atoms with Gasteiger partial charge in [-0.05, 0) is 55.9 Å². The molecule has 0 bridgehead atoms. The van der Waals surface area contributed by atoms with E-state index in [1.807, 2.05) is 53.4 Å². The van der Waals surface area contributed by atoms with E-state index >= 15 is 0 Å². The van der Waals surface area contributed by atoms with Crippen LogP contribution in [0.25, 0.3) is 0 Å². The van der Waals surface area contributed by atoms with Crippen LogP contribution in [-0.2, 0) is 16.0 Å². The summed E-state index contributed by atoms with van der Waals surface area (Å²) in [5, 5.41) is 6.75. The van der Waals surface area contributed by atoms with Crippen LogP contribution < -0.4 is 15.2 Å². The Hall–Kier alpha value is -3.39. The Labute approximate surface area is 224 Å². The van der Waals surface area contributed by atoms with Gasteiger partial charge >= 0.3 is 0 Å². The largest absolute Gasteiger partial charge is 0.493 e. The number of carbonyl (C=O) groups excluding carboxylic acids is 2. The molecule has 0 unspecified atom stereocenters. The second-order valence-electron chi connectivity index (χ2n) is 10.6. The zero-order valence-electron chi connectivity index (χ0n) is 22.3. The van der Waals surface area contributed by atoms with Crippen LogP contribution in [0, 0.1) is 11.8 Å². The number of nitrogens with zero attached hydrogens (tertiary/aromatic N) is 3. The molecule has 2 aliphatic heterocycles. The van der Waals surface area contributed by atoms with E-state index in [2.05, 4.69) is 0 Å². The topological polar surface area (TPSA) is 97.5 Å². The molecule has 5 rings (SSSR count). The Morgan fingerprint density at radius 1 is 0.974 bits per heavy atom. The molecule has 2 fully saturated rings. The fourth-order valence-electron chi connectivity index (χ4n) is 6.21. The fraction of sp³-hybridized carbons (Fsp3) is 0.500. The summed E-state index contributed by atoms with van der Waals surface area (Å²) in [4.78, 5) is 28.6. The third-order valence-corrected chi connectivity index (χ3v) is 8.29. The first kappa shape index (κ1) is 26.2. The highest BCUT2D eigenvalue weighted by atomic mass is 16.5. The maximum absolute atomic E-state index is 13.7. The van der Waals surface area contributed by atoms with Gasteiger partial charge in [0.25, 0.3) is 0 Å². The van der Waals surface area contributed by atoms with Crippen molar-refractivity contribution in [3.05, 3.63) is 59.7 Å². The van der Waals surface area contributed by atoms with Gasteiger partial charge in [-0.25, -0.2) is 5.01 Å². The zero-order chi connectivity index (χ0) is 26.6. The lowest BCUT2D eigenvalue weighted by molar-refractivity contribution is -0.143. The summed E-state index contributed by atoms with van der Waals surface area (Å²) in [7, 11) is 3.25. The smallest absolute Gasteiger partial charge is 0.246 e. The average molecular weight is 519 g/mol. The molecule has 2 aromatic rings. The number of likely N-dealkylation sites (tertiary alicyclic amines) is 1. The summed E-state index contributed by atoms with van der Waals surface area (Å²) in [5.74, 6) is 1.49. The predicted molar refractivity (Wildman–Crippen MR) is 146 cm³/mol. The Morgan fingerprint density at radius 3 is 2.34 bits per heavy atom. The number of hydrogen-bond donors (Lipinski definition) is 1. The molecule has 38 heavy (non-hydrogen) atoms. The Bertz CT molecular complexity index is 1180. The van der Waals surface area contributed by atoms with Gasteiger partial charge in [0.05, 0.1) is 32.0 Å². The third kappa shape index (κ3) is 5.27. The molecule has 202 valence electrons. The van der Waals surface area contributed by atoms with E-state index in [0.29, 0.717) is 43.9 Å². The molecule has 0 spiro atoms. The lowest BCUT2D eigenvalue weighted by atomic mass is 9.73. The van der Waals surface area contributed by atoms with E-state index < -0.39 is 6.04 Å². The van der Waals surface area contributed by atoms with Gasteiger partial charge in [-0.3, -0.25) is 9.59 Å². The highest BCUT2D eigenvalue weighted by molar-refractivity contribution is 6.07. The van der Waals surface area contributed by atoms with Gasteiger partial charge in [0.2, 0.25) is 11.8 Å². The summed E-state index contributed by atoms with van der Waals surface area (Å²) in [6, 6.07) is 15.1. The van der Waals surface area contributed by atoms with Crippen molar-refractivity contribution in [3.8, 4) is 11.5 Å². The summed E-state index contributed by atoms with van der Waals surface area (Å²) in [6.07, 6.45) is 5.91. The highest BCUT2D eigenvalue weighted by Gasteiger charge is 2.44. The maximum Gasteiger partial charge on any atom is 0.246 e. The van der Waals surface area contributed by atoms with E-state index in [0.717, 1.165) is 42.5 Å². The van der Waals surface area contributed by atoms with Crippen LogP contribution in [0.2, 0.25) is 0 Å². The van der Waals surface area contributed by atoms with Gasteiger partial charge in [-0.1, -0.05) is 43.2 Å². The number of rotatable bonds is 7. The van der Waals surface area contributed by atoms with Crippen molar-refractivity contribution >= 4 is 17.5 Å². The van der Waals surface area contributed by atoms with Crippen LogP contribution in [0.1, 0.15) is 49.7 Å². The Balaban J connectivity index is 1.32. The first-order valence-corrected chi connectivity index (χ1v) is 13.7. The molecule has 3 aliphatic rings. The molecule has 3 atom stereocenters. The van der Waals surface area contributed by atoms with Crippen LogP contribution in [0.15, 0.2) is 53.6 Å². The normalized spacial score (nSPS) is 22.9. The third-order valence-electron chi connectivity index (χ3n) is 8.29. The second kappa shape index (κ2) is 11.6. The minimum absolute atomic E-state index is 0.0286. The second-order valence-corrected chi connectivity index (χ2v) is 10.6. The first-order chi connectivity index (χ1) is 18.5. The number of piperidine rings is 1. The minimum Gasteiger partial charge on any atom is -0.493 e. The maximum atomic E-state index is 13.7. The molecule has 2 N–H and O–H groups in total. The van der Waals surface area contributed by atoms with Crippen LogP contribution in [0.4, 0.5) is 0 Å². The van der Waals surface area contributed by atoms with Crippen molar-refractivity contribution in [1.82, 2.24) is 9.91 Å². The van der Waals surface area contributed by atoms with E-state index in [4.69, 9.17) is 20.3 Å². The van der Waals surface area contributed by atoms with Gasteiger partial charge in [0.1, 0.15) is 0 Å². The molecular weight excluding hydrogens is 480 g/mol. The standard InChI is InChI=1S/C30H38N4O4/c1-37-26-13-12-21(19-27(26)38-2)28-23-10-6-7-11-24(23)29(35)34(32-28)22-14-16-33(17-15-22)30(36)25(31)18-20-8-4-3-5-9-20/h3-5,8-9,12-13,19,22-25H,6-7,10-11,14-18,31H2,1-2H3/t23-,24+,25-/m0/s1. The van der Waals surface area contributed by atoms with Crippen LogP contribution in [0.3, 0.4) is 0 Å². The van der Waals surface area contributed by atoms with Gasteiger partial charge < -0.3 is 20.1 Å². The van der Waals surface area contributed by atoms with E-state index in [-0.39, 0.29) is 29.7 Å². The Morgan fingerprint density at radius 2 is 1.66 bits per heavy atom. The number of fused-ring (bicyclic) bond motifs is 1. The van der Waals surface area contributed by atoms with Crippen molar-refractivity contribution in [1.29, 1.82) is 0 Å². The summed E-state index contributed by atoms with van der Waals surface area (Å²) in [6.45, 7) is 1.15. The number of benzene rings is 2. The number of nitrogens with two attached hydrogens (primary N) is 1. The summed E-state index contributed by atoms with van der Waals surface area (Å²) in [5.41, 5.74) is 9.27. The van der Waals surface area contributed by atoms with Crippen LogP contribution in [0.5, 0.6) is 11.5 Å². The lowest BCUT2D eigenvalue weighted by Gasteiger charge is -2.43. The number of ether oxygens (including phenoxy) is 2. The molecule has 2 aromatic carbocycles. The van der Waals surface area contributed by atoms with E-state index in [1.165, 1.54) is 0 Å². The minimum atomic E-state index is -0.566. The number of hydrazone groups is 1. The van der Waals surface area contributed by atoms with Crippen molar-refractivity contribution in [2.24, 2.45) is 22.7 Å². The fourth-order valence-corrected chi connectivity index (χ4v) is 6.21. The monoisotopic (exact) mass is 518 g/mol. The molecule has 1 saturated heterocycles. The predicted octanol–water partition coefficient (Wildman–Crippen LogP) is 3.62. The number of amides is 2. The van der Waals surface area contributed by atoms with Crippen LogP contribution in [-0.4, -0.2) is 66.8 Å². The van der Waals surface area contributed by atoms with Crippen molar-refractivity contribution in [2.75, 3.05) is 27.3 Å². The molecular formula is C30H38N4O4. The van der Waals surface area contributed by atoms with Gasteiger partial charge in [0.15, 0.2) is 11.5 Å². The van der Waals surface area contributed by atoms with Crippen LogP contribution >= 0.6 is 0 Å². The Kier molecular flexibility index (Phi) is 7.98. The quantitative estimate of drug-likeness (QED) is 0.604. The van der Waals surface area contributed by atoms with Crippen molar-refractivity contribution < 1.29 is 19.1 Å². The molecule has 0 aromatic heterocycles. The molecule has 8 heteroatoms. The number of carbonyl (C=O) groups is 2. The number of hydrogen-bond acceptors (Lipinski definition) is 6. The highest BCUT2D eigenvalue weighted by Crippen LogP contribution is 2.40. The van der Waals surface area contributed by atoms with Gasteiger partial charge in [-0.2, -0.15) is 5.10 Å². The zero-order valence-corrected chi connectivity index (χ0v) is 22.3. The molecule has 0 radical (unpaired) electrons. The summed E-state index contributed by atoms with van der Waals surface area (Å²) >= 11 is 0. The van der Waals surface area contributed by atoms with Gasteiger partial charge in [0, 0.05) is 30.5 Å². The SMILES string of the molecule is COc1ccc(C2=NN(C3CCN(C(=O)[C@@H](N)Cc4ccccc4)CC3)C(=O)[C@@H]3CCCC[C@H]23)cc1OC. The average Bonchev–Trinajstić information content (AvgIpc) is 2.97. The summed E-state index contributed by atoms with van der Waals surface area (Å²) < 4.78 is 11.0. The number of methoxy groups -OCH3 is 2. The molecule has 2 heterocycles. The van der Waals surface area contributed by atoms with Crippen molar-refractivity contribution in [3.63, 3.8) is 0 Å². The first-order valence-electron chi connectivity index (χ1n) is 13.7. The lowest BCUT2D eigenvalue weighted by Crippen LogP contribution is -2.54. The van der Waals surface area contributed by atoms with Crippen molar-refractivity contribution in [2.45, 2.75) is 57.0 Å². The van der Waals surface area contributed by atoms with Gasteiger partial charge in [-0.15, -0.1) is 0 Å². The molecule has 1 aliphatic carbocycles. The molecule has 1 saturated carbocycles. The van der Waals surface area contributed by atoms with E-state index in [1.54, 1.807) is 19.2 Å².